The number of aromatic nitrogens is 4. The van der Waals surface area contributed by atoms with Gasteiger partial charge in [0.15, 0.2) is 17.4 Å². The van der Waals surface area contributed by atoms with Gasteiger partial charge in [-0.25, -0.2) is 38.0 Å². The van der Waals surface area contributed by atoms with Crippen LogP contribution >= 0.6 is 23.5 Å². The predicted molar refractivity (Wildman–Crippen MR) is 311 cm³/mol. The minimum Gasteiger partial charge on any atom is -0.448 e. The molecule has 84 heavy (non-hydrogen) atoms. The Bertz CT molecular complexity index is 3460. The molecule has 0 spiro atoms. The van der Waals surface area contributed by atoms with Crippen LogP contribution in [-0.2, 0) is 55.6 Å². The number of aryl methyl sites for hydroxylation is 1. The van der Waals surface area contributed by atoms with E-state index < -0.39 is 87.6 Å². The number of hydrogen-bond acceptors (Lipinski definition) is 17. The molecule has 2 fully saturated rings. The number of quaternary nitrogens is 1. The molecule has 9 rings (SSSR count). The van der Waals surface area contributed by atoms with E-state index in [2.05, 4.69) is 36.8 Å². The molecule has 8 amide bonds. The minimum atomic E-state index is -1.47. The maximum Gasteiger partial charge on any atom is 0.412 e. The topological polar surface area (TPSA) is 272 Å². The third-order valence-corrected chi connectivity index (χ3v) is 16.6. The molecule has 2 saturated heterocycles. The van der Waals surface area contributed by atoms with Crippen molar-refractivity contribution < 1.29 is 57.3 Å². The number of esters is 1. The third kappa shape index (κ3) is 12.8. The molecule has 5 aromatic carbocycles. The number of nitrogens with one attached hydrogen (secondary N) is 4. The summed E-state index contributed by atoms with van der Waals surface area (Å²) in [7, 11) is 3.09. The van der Waals surface area contributed by atoms with Gasteiger partial charge in [0.05, 0.1) is 37.1 Å². The number of carbonyl (C=O) groups excluding carboxylic acids is 8. The zero-order valence-corrected chi connectivity index (χ0v) is 48.4. The number of piperazine rings is 1. The lowest BCUT2D eigenvalue weighted by atomic mass is 9.85. The number of hydrogen-bond donors (Lipinski definition) is 4. The predicted octanol–water partition coefficient (Wildman–Crippen LogP) is 7.23. The van der Waals surface area contributed by atoms with Crippen LogP contribution in [0.2, 0.25) is 0 Å². The van der Waals surface area contributed by atoms with E-state index in [1.165, 1.54) is 28.5 Å². The van der Waals surface area contributed by atoms with Crippen LogP contribution in [0.25, 0.3) is 0 Å². The van der Waals surface area contributed by atoms with Crippen molar-refractivity contribution in [1.29, 1.82) is 0 Å². The fourth-order valence-electron chi connectivity index (χ4n) is 10.1. The smallest absolute Gasteiger partial charge is 0.412 e. The van der Waals surface area contributed by atoms with Crippen LogP contribution in [0.4, 0.5) is 31.4 Å². The molecule has 0 aliphatic carbocycles. The number of amides is 8. The molecule has 3 aliphatic rings. The van der Waals surface area contributed by atoms with Gasteiger partial charge in [0.25, 0.3) is 0 Å². The van der Waals surface area contributed by atoms with E-state index in [-0.39, 0.29) is 54.8 Å². The largest absolute Gasteiger partial charge is 0.448 e. The van der Waals surface area contributed by atoms with Crippen molar-refractivity contribution in [3.63, 3.8) is 0 Å². The van der Waals surface area contributed by atoms with Crippen LogP contribution in [0.5, 0.6) is 0 Å². The Morgan fingerprint density at radius 1 is 0.810 bits per heavy atom. The Hall–Kier alpha value is -8.91. The van der Waals surface area contributed by atoms with Gasteiger partial charge in [-0.1, -0.05) is 133 Å². The van der Waals surface area contributed by atoms with E-state index >= 15 is 0 Å². The number of methoxy groups -OCH3 is 1. The van der Waals surface area contributed by atoms with Crippen molar-refractivity contribution >= 4 is 88.4 Å². The molecular weight excluding hydrogens is 1120 g/mol. The van der Waals surface area contributed by atoms with Gasteiger partial charge in [0.1, 0.15) is 35.5 Å². The number of rotatable bonds is 19. The van der Waals surface area contributed by atoms with Gasteiger partial charge in [0, 0.05) is 37.1 Å². The molecule has 23 nitrogen and oxygen atoms in total. The lowest BCUT2D eigenvalue weighted by molar-refractivity contribution is -0.152. The first-order valence-corrected chi connectivity index (χ1v) is 28.7. The first kappa shape index (κ1) is 59.7. The number of urea groups is 1. The third-order valence-electron chi connectivity index (χ3n) is 14.2. The van der Waals surface area contributed by atoms with Gasteiger partial charge in [-0.05, 0) is 66.9 Å². The molecule has 6 aromatic rings. The van der Waals surface area contributed by atoms with Crippen LogP contribution in [0.1, 0.15) is 62.5 Å². The number of tetrazole rings is 1. The number of benzene rings is 5. The molecule has 4 atom stereocenters. The van der Waals surface area contributed by atoms with Crippen LogP contribution in [0.3, 0.4) is 0 Å². The monoisotopic (exact) mass is 1180 g/mol. The molecule has 4 N–H and O–H groups in total. The number of fused-ring (bicyclic) bond motifs is 1. The zero-order chi connectivity index (χ0) is 59.8. The van der Waals surface area contributed by atoms with Gasteiger partial charge < -0.3 is 29.6 Å². The second-order valence-electron chi connectivity index (χ2n) is 20.6. The fourth-order valence-corrected chi connectivity index (χ4v) is 12.5. The summed E-state index contributed by atoms with van der Waals surface area (Å²) in [6, 6.07) is 39.6. The fraction of sp³-hybridized carbons (Fsp3) is 0.305. The standard InChI is InChI=1S/C59H61N11O12S2/c1-7-70(44-30-20-19-29-43(44)62-56(77)80-36-59(79-6,39-25-15-10-16-26-39)41-27-17-18-28-42(41)61-57(78)82-58(2,3)4)32-31-68(51(73)52(70)74)54(76)60-34-45(71)63-50-40(35-83-55-64-65-66-67(55)5)48(69-46(72)33-47(69)84-50)53(75)81-49(37-21-11-8-12-22-37)38-23-13-9-14-24-38/h8-30,47,49-50H,7,31-36H2,1-6H3,(H3-,60,61,62,63,71,76,77,78)/p+1/t47-,50?,59?,70?/m0/s1. The molecule has 1 aromatic heterocycles. The summed E-state index contributed by atoms with van der Waals surface area (Å²) in [6.07, 6.45) is -2.43. The average Bonchev–Trinajstić information content (AvgIpc) is 1.06. The average molecular weight is 1180 g/mol. The Morgan fingerprint density at radius 2 is 1.43 bits per heavy atom. The van der Waals surface area contributed by atoms with Gasteiger partial charge in [-0.15, -0.1) is 16.9 Å². The second kappa shape index (κ2) is 25.7. The number of carbonyl (C=O) groups is 8. The Balaban J connectivity index is 0.887. The van der Waals surface area contributed by atoms with Crippen molar-refractivity contribution in [2.45, 2.75) is 67.3 Å². The normalized spacial score (nSPS) is 18.4. The van der Waals surface area contributed by atoms with E-state index in [9.17, 15) is 38.4 Å². The van der Waals surface area contributed by atoms with Crippen LogP contribution in [0.15, 0.2) is 156 Å². The molecule has 4 heterocycles. The Morgan fingerprint density at radius 3 is 2.05 bits per heavy atom. The summed E-state index contributed by atoms with van der Waals surface area (Å²) in [6.45, 7) is 5.53. The lowest BCUT2D eigenvalue weighted by Crippen LogP contribution is -2.69. The van der Waals surface area contributed by atoms with E-state index in [1.807, 2.05) is 66.7 Å². The number of anilines is 2. The quantitative estimate of drug-likeness (QED) is 0.0155. The van der Waals surface area contributed by atoms with E-state index in [4.69, 9.17) is 18.9 Å². The van der Waals surface area contributed by atoms with Crippen molar-refractivity contribution in [2.24, 2.45) is 7.05 Å². The van der Waals surface area contributed by atoms with Crippen molar-refractivity contribution in [1.82, 2.24) is 45.1 Å². The van der Waals surface area contributed by atoms with Gasteiger partial charge >= 0.3 is 36.0 Å². The summed E-state index contributed by atoms with van der Waals surface area (Å²) in [4.78, 5) is 113. The maximum absolute atomic E-state index is 14.6. The highest BCUT2D eigenvalue weighted by Crippen LogP contribution is 2.46. The second-order valence-corrected chi connectivity index (χ2v) is 22.8. The summed E-state index contributed by atoms with van der Waals surface area (Å²) in [5.74, 6) is -3.95. The number of ether oxygens (including phenoxy) is 4. The maximum atomic E-state index is 14.6. The molecule has 436 valence electrons. The molecule has 25 heteroatoms. The number of likely N-dealkylation sites (N-methyl/N-ethyl adjacent to an activating group) is 1. The SMILES string of the molecule is CC[N+]1(c2ccccc2NC(=O)OCC(OC)(c2ccccc2)c2ccccc2NC(=O)OC(C)(C)C)CCN(C(=O)NCC(=O)NC2S[C@H]3CC(=O)N3C(C(=O)OC(c3ccccc3)c3ccccc3)=C2CSc2nnnn2C)C(=O)C1=O. The Labute approximate surface area is 492 Å². The van der Waals surface area contributed by atoms with Gasteiger partial charge in [0.2, 0.25) is 17.0 Å². The van der Waals surface area contributed by atoms with E-state index in [0.29, 0.717) is 38.7 Å². The van der Waals surface area contributed by atoms with Crippen LogP contribution in [-0.4, -0.2) is 140 Å². The summed E-state index contributed by atoms with van der Waals surface area (Å²) in [5, 5.41) is 21.5. The molecule has 3 unspecified atom stereocenters. The van der Waals surface area contributed by atoms with E-state index in [0.717, 1.165) is 16.7 Å². The number of nitrogens with zero attached hydrogens (tertiary/aromatic N) is 7. The molecule has 0 bridgehead atoms. The first-order valence-electron chi connectivity index (χ1n) is 26.8. The van der Waals surface area contributed by atoms with Crippen LogP contribution < -0.4 is 25.8 Å². The van der Waals surface area contributed by atoms with Gasteiger partial charge in [-0.3, -0.25) is 29.9 Å². The number of thioether (sulfide) groups is 2. The molecule has 3 aliphatic heterocycles. The highest BCUT2D eigenvalue weighted by atomic mass is 32.2. The molecule has 0 radical (unpaired) electrons. The van der Waals surface area contributed by atoms with Crippen molar-refractivity contribution in [3.05, 3.63) is 173 Å². The Kier molecular flexibility index (Phi) is 18.3. The number of β-lactam (4-membered cyclic amide) rings is 1. The van der Waals surface area contributed by atoms with Crippen LogP contribution in [0, 0.1) is 0 Å². The number of imide groups is 1. The summed E-state index contributed by atoms with van der Waals surface area (Å²) in [5.41, 5.74) is 1.16. The lowest BCUT2D eigenvalue weighted by Gasteiger charge is -2.47. The van der Waals surface area contributed by atoms with Crippen molar-refractivity contribution in [2.75, 3.05) is 56.3 Å². The highest BCUT2D eigenvalue weighted by molar-refractivity contribution is 8.01. The summed E-state index contributed by atoms with van der Waals surface area (Å²) >= 11 is 2.39. The van der Waals surface area contributed by atoms with Gasteiger partial charge in [-0.2, -0.15) is 0 Å². The summed E-state index contributed by atoms with van der Waals surface area (Å²) < 4.78 is 24.8. The van der Waals surface area contributed by atoms with Crippen molar-refractivity contribution in [3.8, 4) is 0 Å². The highest BCUT2D eigenvalue weighted by Gasteiger charge is 2.53. The number of para-hydroxylation sites is 3. The minimum absolute atomic E-state index is 0.0247. The zero-order valence-electron chi connectivity index (χ0n) is 46.8. The molecule has 0 saturated carbocycles. The van der Waals surface area contributed by atoms with E-state index in [1.54, 1.807) is 108 Å². The molecular formula is C59H62N11O12S2+. The first-order chi connectivity index (χ1) is 40.4.